The van der Waals surface area contributed by atoms with Gasteiger partial charge in [0.25, 0.3) is 0 Å². The monoisotopic (exact) mass is 208 g/mol. The van der Waals surface area contributed by atoms with E-state index in [1.54, 1.807) is 12.1 Å². The highest BCUT2D eigenvalue weighted by atomic mass is 16.3. The second kappa shape index (κ2) is 3.34. The van der Waals surface area contributed by atoms with E-state index in [1.807, 2.05) is 13.8 Å². The normalized spacial score (nSPS) is 28.2. The molecule has 0 bridgehead atoms. The molecule has 0 amide bonds. The molecule has 1 aliphatic carbocycles. The molecular weight excluding hydrogens is 192 g/mol. The molecule has 15 heavy (non-hydrogen) atoms. The Morgan fingerprint density at radius 2 is 2.20 bits per heavy atom. The van der Waals surface area contributed by atoms with E-state index in [1.165, 1.54) is 0 Å². The summed E-state index contributed by atoms with van der Waals surface area (Å²) in [6, 6.07) is 3.74. The molecule has 1 saturated carbocycles. The summed E-state index contributed by atoms with van der Waals surface area (Å²) in [6.07, 6.45) is 0.510. The second-order valence-corrected chi connectivity index (χ2v) is 4.61. The zero-order valence-corrected chi connectivity index (χ0v) is 8.94. The largest absolute Gasteiger partial charge is 0.392 e. The van der Waals surface area contributed by atoms with Crippen molar-refractivity contribution in [2.45, 2.75) is 32.4 Å². The molecule has 1 aromatic rings. The molecule has 0 aliphatic heterocycles. The molecule has 5 nitrogen and oxygen atoms in total. The molecule has 2 rings (SSSR count). The van der Waals surface area contributed by atoms with Gasteiger partial charge in [0.1, 0.15) is 11.6 Å². The molecule has 4 N–H and O–H groups in total. The Balaban J connectivity index is 2.02. The first-order valence-corrected chi connectivity index (χ1v) is 5.04. The summed E-state index contributed by atoms with van der Waals surface area (Å²) in [4.78, 5) is 0. The lowest BCUT2D eigenvalue weighted by atomic mass is 9.64. The Kier molecular flexibility index (Phi) is 2.26. The molecule has 82 valence electrons. The minimum Gasteiger partial charge on any atom is -0.392 e. The van der Waals surface area contributed by atoms with E-state index >= 15 is 0 Å². The van der Waals surface area contributed by atoms with E-state index in [2.05, 4.69) is 15.5 Å². The van der Waals surface area contributed by atoms with Gasteiger partial charge in [-0.1, -0.05) is 13.8 Å². The van der Waals surface area contributed by atoms with Gasteiger partial charge in [0.15, 0.2) is 0 Å². The third kappa shape index (κ3) is 1.74. The highest BCUT2D eigenvalue weighted by Gasteiger charge is 2.47. The fraction of sp³-hybridized carbons (Fsp3) is 0.600. The number of hydrogen-bond donors (Lipinski definition) is 3. The summed E-state index contributed by atoms with van der Waals surface area (Å²) in [5.41, 5.74) is 5.33. The molecule has 5 heteroatoms. The average Bonchev–Trinajstić information content (AvgIpc) is 2.21. The van der Waals surface area contributed by atoms with Gasteiger partial charge in [-0.15, -0.1) is 10.2 Å². The number of aromatic nitrogens is 2. The van der Waals surface area contributed by atoms with Crippen LogP contribution in [-0.4, -0.2) is 27.4 Å². The van der Waals surface area contributed by atoms with Gasteiger partial charge in [0.05, 0.1) is 6.10 Å². The van der Waals surface area contributed by atoms with Crippen LogP contribution in [0, 0.1) is 5.41 Å². The van der Waals surface area contributed by atoms with Crippen LogP contribution in [-0.2, 0) is 0 Å². The Morgan fingerprint density at radius 3 is 2.67 bits per heavy atom. The summed E-state index contributed by atoms with van der Waals surface area (Å²) in [7, 11) is 0. The minimum atomic E-state index is -0.239. The van der Waals surface area contributed by atoms with Crippen molar-refractivity contribution >= 4 is 11.6 Å². The molecule has 1 fully saturated rings. The molecule has 0 spiro atoms. The Bertz CT molecular complexity index is 349. The molecule has 2 unspecified atom stereocenters. The van der Waals surface area contributed by atoms with Crippen LogP contribution in [0.15, 0.2) is 12.1 Å². The number of nitrogen functional groups attached to an aromatic ring is 1. The predicted octanol–water partition coefficient (Wildman–Crippen LogP) is 0.630. The minimum absolute atomic E-state index is 0.108. The van der Waals surface area contributed by atoms with Crippen LogP contribution in [0.2, 0.25) is 0 Å². The van der Waals surface area contributed by atoms with E-state index in [0.717, 1.165) is 6.42 Å². The van der Waals surface area contributed by atoms with Crippen molar-refractivity contribution in [3.63, 3.8) is 0 Å². The van der Waals surface area contributed by atoms with Gasteiger partial charge in [0, 0.05) is 11.5 Å². The van der Waals surface area contributed by atoms with Gasteiger partial charge in [-0.25, -0.2) is 0 Å². The number of hydrogen-bond acceptors (Lipinski definition) is 5. The number of rotatable bonds is 2. The number of nitrogens with two attached hydrogens (primary N) is 1. The maximum absolute atomic E-state index is 9.57. The van der Waals surface area contributed by atoms with Crippen LogP contribution >= 0.6 is 0 Å². The number of nitrogens with one attached hydrogen (secondary N) is 1. The SMILES string of the molecule is CC1(C)C(O)CC1Nc1ccc(N)nn1. The fourth-order valence-electron chi connectivity index (χ4n) is 1.75. The smallest absolute Gasteiger partial charge is 0.149 e. The van der Waals surface area contributed by atoms with Crippen molar-refractivity contribution in [2.24, 2.45) is 5.41 Å². The van der Waals surface area contributed by atoms with Crippen LogP contribution < -0.4 is 11.1 Å². The summed E-state index contributed by atoms with van der Waals surface area (Å²) in [6.45, 7) is 4.06. The lowest BCUT2D eigenvalue weighted by Gasteiger charge is -2.49. The molecule has 1 aromatic heterocycles. The molecular formula is C10H16N4O. The van der Waals surface area contributed by atoms with Crippen LogP contribution in [0.5, 0.6) is 0 Å². The van der Waals surface area contributed by atoms with Gasteiger partial charge in [-0.2, -0.15) is 0 Å². The number of nitrogens with zero attached hydrogens (tertiary/aromatic N) is 2. The Hall–Kier alpha value is -1.36. The fourth-order valence-corrected chi connectivity index (χ4v) is 1.75. The first kappa shape index (κ1) is 10.2. The Labute approximate surface area is 88.7 Å². The van der Waals surface area contributed by atoms with Crippen LogP contribution in [0.4, 0.5) is 11.6 Å². The quantitative estimate of drug-likeness (QED) is 0.664. The van der Waals surface area contributed by atoms with E-state index in [0.29, 0.717) is 11.6 Å². The van der Waals surface area contributed by atoms with Crippen molar-refractivity contribution < 1.29 is 5.11 Å². The highest BCUT2D eigenvalue weighted by molar-refractivity contribution is 5.40. The van der Waals surface area contributed by atoms with E-state index in [9.17, 15) is 5.11 Å². The van der Waals surface area contributed by atoms with Crippen molar-refractivity contribution in [3.8, 4) is 0 Å². The van der Waals surface area contributed by atoms with Crippen molar-refractivity contribution in [1.29, 1.82) is 0 Å². The molecule has 1 heterocycles. The van der Waals surface area contributed by atoms with Crippen molar-refractivity contribution in [1.82, 2.24) is 10.2 Å². The lowest BCUT2D eigenvalue weighted by molar-refractivity contribution is -0.0511. The van der Waals surface area contributed by atoms with E-state index in [-0.39, 0.29) is 17.6 Å². The average molecular weight is 208 g/mol. The number of aliphatic hydroxyl groups is 1. The van der Waals surface area contributed by atoms with Gasteiger partial charge < -0.3 is 16.2 Å². The van der Waals surface area contributed by atoms with Gasteiger partial charge in [-0.3, -0.25) is 0 Å². The molecule has 0 saturated heterocycles. The van der Waals surface area contributed by atoms with Crippen molar-refractivity contribution in [2.75, 3.05) is 11.1 Å². The van der Waals surface area contributed by atoms with Gasteiger partial charge in [0.2, 0.25) is 0 Å². The van der Waals surface area contributed by atoms with E-state index in [4.69, 9.17) is 5.73 Å². The molecule has 2 atom stereocenters. The zero-order valence-electron chi connectivity index (χ0n) is 8.94. The summed E-state index contributed by atoms with van der Waals surface area (Å²) >= 11 is 0. The van der Waals surface area contributed by atoms with Crippen molar-refractivity contribution in [3.05, 3.63) is 12.1 Å². The molecule has 0 aromatic carbocycles. The second-order valence-electron chi connectivity index (χ2n) is 4.61. The number of aliphatic hydroxyl groups excluding tert-OH is 1. The van der Waals surface area contributed by atoms with Gasteiger partial charge >= 0.3 is 0 Å². The lowest BCUT2D eigenvalue weighted by Crippen LogP contribution is -2.57. The first-order valence-electron chi connectivity index (χ1n) is 5.04. The topological polar surface area (TPSA) is 84.1 Å². The van der Waals surface area contributed by atoms with Crippen LogP contribution in [0.3, 0.4) is 0 Å². The standard InChI is InChI=1S/C10H16N4O/c1-10(2)6(5-7(10)15)12-9-4-3-8(11)13-14-9/h3-4,6-7,15H,5H2,1-2H3,(H2,11,13)(H,12,14). The Morgan fingerprint density at radius 1 is 1.47 bits per heavy atom. The zero-order chi connectivity index (χ0) is 11.1. The maximum Gasteiger partial charge on any atom is 0.149 e. The highest BCUT2D eigenvalue weighted by Crippen LogP contribution is 2.41. The van der Waals surface area contributed by atoms with E-state index < -0.39 is 0 Å². The van der Waals surface area contributed by atoms with Crippen LogP contribution in [0.25, 0.3) is 0 Å². The maximum atomic E-state index is 9.57. The third-order valence-electron chi connectivity index (χ3n) is 3.22. The molecule has 1 aliphatic rings. The molecule has 0 radical (unpaired) electrons. The first-order chi connectivity index (χ1) is 7.00. The van der Waals surface area contributed by atoms with Crippen LogP contribution in [0.1, 0.15) is 20.3 Å². The summed E-state index contributed by atoms with van der Waals surface area (Å²) < 4.78 is 0. The predicted molar refractivity (Wildman–Crippen MR) is 58.3 cm³/mol. The third-order valence-corrected chi connectivity index (χ3v) is 3.22. The summed E-state index contributed by atoms with van der Waals surface area (Å²) in [5, 5.41) is 20.5. The summed E-state index contributed by atoms with van der Waals surface area (Å²) in [5.74, 6) is 1.11. The number of anilines is 2. The van der Waals surface area contributed by atoms with Gasteiger partial charge in [-0.05, 0) is 18.6 Å².